The van der Waals surface area contributed by atoms with Crippen LogP contribution in [0.15, 0.2) is 23.0 Å². The van der Waals surface area contributed by atoms with E-state index in [9.17, 15) is 39.6 Å². The van der Waals surface area contributed by atoms with Crippen molar-refractivity contribution in [3.63, 3.8) is 0 Å². The summed E-state index contributed by atoms with van der Waals surface area (Å²) in [6, 6.07) is 0.442. The van der Waals surface area contributed by atoms with Crippen molar-refractivity contribution in [3.05, 3.63) is 34.1 Å². The highest BCUT2D eigenvalue weighted by molar-refractivity contribution is 7.80. The Morgan fingerprint density at radius 3 is 1.96 bits per heavy atom. The molecule has 0 aromatic heterocycles. The molecule has 0 bridgehead atoms. The van der Waals surface area contributed by atoms with E-state index in [4.69, 9.17) is 40.8 Å². The van der Waals surface area contributed by atoms with E-state index in [-0.39, 0.29) is 29.7 Å². The number of benzene rings is 1. The number of phenols is 1. The number of hydrogen-bond donors (Lipinski definition) is 10. The predicted octanol–water partition coefficient (Wildman–Crippen LogP) is -0.927. The summed E-state index contributed by atoms with van der Waals surface area (Å²) in [5, 5.41) is 47.4. The van der Waals surface area contributed by atoms with Crippen molar-refractivity contribution in [2.45, 2.75) is 38.3 Å². The number of likely N-dealkylation sites (N-methyl/N-ethyl adjacent to an activating group) is 1. The van der Waals surface area contributed by atoms with E-state index in [1.807, 2.05) is 18.7 Å². The number of hydrogen-bond acceptors (Lipinski definition) is 14. The summed E-state index contributed by atoms with van der Waals surface area (Å²) in [6.45, 7) is 4.99. The Bertz CT molecular complexity index is 1740. The zero-order valence-corrected chi connectivity index (χ0v) is 27.5. The third-order valence-corrected chi connectivity index (χ3v) is 8.02. The molecule has 268 valence electrons. The van der Waals surface area contributed by atoms with Crippen molar-refractivity contribution in [2.75, 3.05) is 37.4 Å². The number of ketones is 2. The van der Waals surface area contributed by atoms with Gasteiger partial charge in [0.2, 0.25) is 12.2 Å². The molecule has 2 amide bonds. The molecule has 11 N–H and O–H groups in total. The number of nitrogens with two attached hydrogens (primary N) is 1. The summed E-state index contributed by atoms with van der Waals surface area (Å²) in [5.74, 6) is -7.23. The summed E-state index contributed by atoms with van der Waals surface area (Å²) in [5.41, 5.74) is 2.63. The number of anilines is 2. The van der Waals surface area contributed by atoms with Gasteiger partial charge in [0.05, 0.1) is 17.3 Å². The number of phenolic OH excluding ortho intramolecular Hbond substituents is 1. The summed E-state index contributed by atoms with van der Waals surface area (Å²) >= 11 is 0. The van der Waals surface area contributed by atoms with Gasteiger partial charge in [-0.15, -0.1) is 0 Å². The molecule has 0 spiro atoms. The first kappa shape index (κ1) is 40.0. The lowest BCUT2D eigenvalue weighted by molar-refractivity contribution is -0.153. The van der Waals surface area contributed by atoms with Crippen LogP contribution >= 0.6 is 0 Å². The Kier molecular flexibility index (Phi) is 12.1. The number of primary amides is 1. The molecule has 48 heavy (non-hydrogen) atoms. The molecule has 1 aromatic carbocycles. The second-order valence-electron chi connectivity index (χ2n) is 10.9. The SMILES string of the molecule is CCN(CC)c1cc(NC=O)c(O)c2c1CC1CC3[C@H](N(C)C)C(=O)C(C(N)=O)=C(O)[C@@]3(O)C(=O)C1=C2O.O=S(=O)(O)O.O=S(=O)(O)O. The van der Waals surface area contributed by atoms with Crippen molar-refractivity contribution in [2.24, 2.45) is 17.6 Å². The fourth-order valence-electron chi connectivity index (χ4n) is 6.31. The van der Waals surface area contributed by atoms with Crippen LogP contribution in [-0.4, -0.2) is 123 Å². The monoisotopic (exact) mass is 724 g/mol. The van der Waals surface area contributed by atoms with Crippen LogP contribution in [0.3, 0.4) is 0 Å². The second kappa shape index (κ2) is 14.5. The molecule has 22 heteroatoms. The molecule has 3 aliphatic carbocycles. The highest BCUT2D eigenvalue weighted by Gasteiger charge is 2.64. The second-order valence-corrected chi connectivity index (χ2v) is 12.7. The lowest BCUT2D eigenvalue weighted by Crippen LogP contribution is -2.65. The highest BCUT2D eigenvalue weighted by Crippen LogP contribution is 2.54. The summed E-state index contributed by atoms with van der Waals surface area (Å²) in [4.78, 5) is 53.8. The van der Waals surface area contributed by atoms with E-state index in [0.29, 0.717) is 30.8 Å². The standard InChI is InChI=1S/C26H32N4O8.2H2O4S/c1-5-30(6-2)15-9-14(28-10-31)20(32)17-12(15)7-11-8-13-19(29(3)4)22(34)18(25(27)37)24(36)26(13,38)23(35)16(11)21(17)33;2*1-5(2,3)4/h9-11,13,19,32-33,36,38H,5-8H2,1-4H3,(H2,27,37)(H,28,31);2*(H2,1,2,3,4)/t11?,13?,19-,26-;;/m0../s1. The van der Waals surface area contributed by atoms with Crippen LogP contribution in [0.1, 0.15) is 31.4 Å². The average Bonchev–Trinajstić information content (AvgIpc) is 2.91. The predicted molar refractivity (Wildman–Crippen MR) is 166 cm³/mol. The van der Waals surface area contributed by atoms with Crippen LogP contribution in [0.25, 0.3) is 5.76 Å². The van der Waals surface area contributed by atoms with Gasteiger partial charge in [-0.3, -0.25) is 42.3 Å². The van der Waals surface area contributed by atoms with Crippen LogP contribution in [0.2, 0.25) is 0 Å². The Morgan fingerprint density at radius 2 is 1.54 bits per heavy atom. The van der Waals surface area contributed by atoms with Crippen LogP contribution in [0, 0.1) is 11.8 Å². The number of aromatic hydroxyl groups is 1. The van der Waals surface area contributed by atoms with Gasteiger partial charge >= 0.3 is 20.8 Å². The van der Waals surface area contributed by atoms with Crippen LogP contribution < -0.4 is 16.0 Å². The van der Waals surface area contributed by atoms with Crippen molar-refractivity contribution < 1.29 is 74.7 Å². The fourth-order valence-corrected chi connectivity index (χ4v) is 6.31. The largest absolute Gasteiger partial charge is 0.508 e. The number of nitrogens with zero attached hydrogens (tertiary/aromatic N) is 2. The average molecular weight is 725 g/mol. The third-order valence-electron chi connectivity index (χ3n) is 8.02. The van der Waals surface area contributed by atoms with E-state index in [2.05, 4.69) is 5.32 Å². The molecule has 0 heterocycles. The normalized spacial score (nSPS) is 23.5. The number of nitrogens with one attached hydrogen (secondary N) is 1. The summed E-state index contributed by atoms with van der Waals surface area (Å²) < 4.78 is 63.2. The smallest absolute Gasteiger partial charge is 0.394 e. The molecule has 3 aliphatic rings. The van der Waals surface area contributed by atoms with E-state index in [0.717, 1.165) is 0 Å². The molecule has 4 atom stereocenters. The van der Waals surface area contributed by atoms with Crippen molar-refractivity contribution in [3.8, 4) is 5.75 Å². The number of amides is 2. The number of Topliss-reactive ketones (excluding diaryl/α,β-unsaturated/α-hetero) is 2. The van der Waals surface area contributed by atoms with Crippen molar-refractivity contribution in [1.82, 2.24) is 4.90 Å². The minimum absolute atomic E-state index is 0.00144. The van der Waals surface area contributed by atoms with Crippen LogP contribution in [0.5, 0.6) is 5.75 Å². The summed E-state index contributed by atoms with van der Waals surface area (Å²) in [6.07, 6.45) is 0.533. The molecule has 4 rings (SSSR count). The zero-order chi connectivity index (χ0) is 37.3. The first-order valence-corrected chi connectivity index (χ1v) is 16.5. The quantitative estimate of drug-likeness (QED) is 0.0702. The lowest BCUT2D eigenvalue weighted by atomic mass is 9.57. The Hall–Kier alpha value is -4.16. The topological polar surface area (TPSA) is 343 Å². The Morgan fingerprint density at radius 1 is 1.04 bits per heavy atom. The van der Waals surface area contributed by atoms with E-state index < -0.39 is 84.6 Å². The summed E-state index contributed by atoms with van der Waals surface area (Å²) in [7, 11) is -6.24. The minimum Gasteiger partial charge on any atom is -0.508 e. The fraction of sp³-hybridized carbons (Fsp3) is 0.462. The molecular weight excluding hydrogens is 688 g/mol. The van der Waals surface area contributed by atoms with Crippen LogP contribution in [0.4, 0.5) is 11.4 Å². The first-order chi connectivity index (χ1) is 21.9. The number of fused-ring (bicyclic) bond motifs is 3. The molecule has 2 unspecified atom stereocenters. The van der Waals surface area contributed by atoms with Gasteiger partial charge in [-0.1, -0.05) is 0 Å². The van der Waals surface area contributed by atoms with Gasteiger partial charge in [0.1, 0.15) is 22.8 Å². The molecule has 0 aliphatic heterocycles. The first-order valence-electron chi connectivity index (χ1n) is 13.7. The molecule has 1 fully saturated rings. The number of carbonyl (C=O) groups excluding carboxylic acids is 4. The van der Waals surface area contributed by atoms with Gasteiger partial charge in [-0.05, 0) is 58.3 Å². The molecule has 1 aromatic rings. The Balaban J connectivity index is 0.000000700. The van der Waals surface area contributed by atoms with Gasteiger partial charge in [0.15, 0.2) is 11.4 Å². The number of aliphatic hydroxyl groups is 3. The van der Waals surface area contributed by atoms with Crippen molar-refractivity contribution >= 4 is 61.8 Å². The maximum absolute atomic E-state index is 13.9. The maximum Gasteiger partial charge on any atom is 0.394 e. The van der Waals surface area contributed by atoms with Crippen molar-refractivity contribution in [1.29, 1.82) is 0 Å². The van der Waals surface area contributed by atoms with Crippen LogP contribution in [-0.2, 0) is 46.4 Å². The minimum atomic E-state index is -4.67. The molecule has 0 saturated heterocycles. The molecule has 1 saturated carbocycles. The molecule has 20 nitrogen and oxygen atoms in total. The van der Waals surface area contributed by atoms with E-state index in [1.54, 1.807) is 20.2 Å². The van der Waals surface area contributed by atoms with E-state index >= 15 is 0 Å². The lowest BCUT2D eigenvalue weighted by Gasteiger charge is -2.50. The maximum atomic E-state index is 13.9. The number of carbonyl (C=O) groups is 4. The zero-order valence-electron chi connectivity index (χ0n) is 25.8. The van der Waals surface area contributed by atoms with E-state index in [1.165, 1.54) is 4.90 Å². The molecule has 0 radical (unpaired) electrons. The van der Waals surface area contributed by atoms with Gasteiger partial charge in [0, 0.05) is 30.3 Å². The molecular formula is C26H36N4O16S2. The van der Waals surface area contributed by atoms with Gasteiger partial charge in [0.25, 0.3) is 5.91 Å². The third kappa shape index (κ3) is 8.10. The highest BCUT2D eigenvalue weighted by atomic mass is 32.3. The van der Waals surface area contributed by atoms with Gasteiger partial charge in [-0.2, -0.15) is 16.8 Å². The number of aliphatic hydroxyl groups excluding tert-OH is 2. The number of rotatable bonds is 7. The Labute approximate surface area is 274 Å². The van der Waals surface area contributed by atoms with Gasteiger partial charge in [-0.25, -0.2) is 0 Å². The van der Waals surface area contributed by atoms with Gasteiger partial charge < -0.3 is 36.4 Å².